The summed E-state index contributed by atoms with van der Waals surface area (Å²) < 4.78 is 0. The third-order valence-electron chi connectivity index (χ3n) is 3.56. The van der Waals surface area contributed by atoms with Crippen LogP contribution in [0.15, 0.2) is 41.8 Å². The standard InChI is InChI=1S/C17H21N3O2S/c1-17(2,14-4-3-9-23-14)11-20-15(21)13-7-5-12(6-8-13)10-19-16(18)22/h3-9H,10-11H2,1-2H3,(H,20,21)(H3,18,19,22). The van der Waals surface area contributed by atoms with Gasteiger partial charge in [-0.2, -0.15) is 0 Å². The lowest BCUT2D eigenvalue weighted by Gasteiger charge is -2.23. The summed E-state index contributed by atoms with van der Waals surface area (Å²) in [7, 11) is 0. The number of benzene rings is 1. The number of hydrogen-bond donors (Lipinski definition) is 3. The van der Waals surface area contributed by atoms with Gasteiger partial charge >= 0.3 is 6.03 Å². The van der Waals surface area contributed by atoms with E-state index in [2.05, 4.69) is 30.5 Å². The van der Waals surface area contributed by atoms with Gasteiger partial charge in [0.25, 0.3) is 5.91 Å². The second-order valence-corrected chi connectivity index (χ2v) is 6.91. The molecule has 1 aromatic carbocycles. The van der Waals surface area contributed by atoms with Crippen LogP contribution in [0, 0.1) is 0 Å². The molecule has 0 spiro atoms. The zero-order valence-electron chi connectivity index (χ0n) is 13.3. The first-order valence-electron chi connectivity index (χ1n) is 7.33. The molecule has 1 aromatic heterocycles. The molecule has 0 aliphatic carbocycles. The van der Waals surface area contributed by atoms with E-state index in [1.165, 1.54) is 4.88 Å². The molecule has 3 amide bonds. The lowest BCUT2D eigenvalue weighted by atomic mass is 9.91. The predicted octanol–water partition coefficient (Wildman–Crippen LogP) is 2.62. The van der Waals surface area contributed by atoms with Crippen LogP contribution in [0.3, 0.4) is 0 Å². The number of nitrogens with two attached hydrogens (primary N) is 1. The molecule has 0 saturated carbocycles. The summed E-state index contributed by atoms with van der Waals surface area (Å²) in [6, 6.07) is 10.6. The van der Waals surface area contributed by atoms with Crippen LogP contribution in [-0.4, -0.2) is 18.5 Å². The fourth-order valence-corrected chi connectivity index (χ4v) is 2.97. The van der Waals surface area contributed by atoms with E-state index in [1.54, 1.807) is 35.6 Å². The van der Waals surface area contributed by atoms with E-state index in [0.717, 1.165) is 5.56 Å². The smallest absolute Gasteiger partial charge is 0.312 e. The number of rotatable bonds is 6. The van der Waals surface area contributed by atoms with E-state index in [4.69, 9.17) is 5.73 Å². The Morgan fingerprint density at radius 1 is 1.13 bits per heavy atom. The van der Waals surface area contributed by atoms with Gasteiger partial charge in [-0.05, 0) is 29.1 Å². The maximum Gasteiger partial charge on any atom is 0.312 e. The van der Waals surface area contributed by atoms with Gasteiger partial charge in [0, 0.05) is 28.9 Å². The Hall–Kier alpha value is -2.34. The molecular formula is C17H21N3O2S. The molecule has 122 valence electrons. The van der Waals surface area contributed by atoms with E-state index in [-0.39, 0.29) is 11.3 Å². The Morgan fingerprint density at radius 2 is 1.83 bits per heavy atom. The highest BCUT2D eigenvalue weighted by Crippen LogP contribution is 2.26. The van der Waals surface area contributed by atoms with Gasteiger partial charge in [0.15, 0.2) is 0 Å². The maximum atomic E-state index is 12.2. The average molecular weight is 331 g/mol. The number of hydrogen-bond acceptors (Lipinski definition) is 3. The van der Waals surface area contributed by atoms with E-state index >= 15 is 0 Å². The van der Waals surface area contributed by atoms with Crippen molar-refractivity contribution in [2.45, 2.75) is 25.8 Å². The molecule has 5 nitrogen and oxygen atoms in total. The van der Waals surface area contributed by atoms with Gasteiger partial charge in [-0.1, -0.05) is 32.0 Å². The molecule has 23 heavy (non-hydrogen) atoms. The van der Waals surface area contributed by atoms with Gasteiger partial charge in [-0.3, -0.25) is 4.79 Å². The molecule has 4 N–H and O–H groups in total. The summed E-state index contributed by atoms with van der Waals surface area (Å²) in [6.45, 7) is 5.13. The molecule has 0 radical (unpaired) electrons. The third-order valence-corrected chi connectivity index (χ3v) is 4.80. The first-order valence-corrected chi connectivity index (χ1v) is 8.21. The van der Waals surface area contributed by atoms with Crippen LogP contribution >= 0.6 is 11.3 Å². The SMILES string of the molecule is CC(C)(CNC(=O)c1ccc(CNC(N)=O)cc1)c1cccs1. The lowest BCUT2D eigenvalue weighted by Crippen LogP contribution is -2.36. The number of nitrogens with one attached hydrogen (secondary N) is 2. The van der Waals surface area contributed by atoms with Crippen molar-refractivity contribution in [2.75, 3.05) is 6.54 Å². The van der Waals surface area contributed by atoms with E-state index in [0.29, 0.717) is 18.7 Å². The second kappa shape index (κ2) is 7.28. The minimum atomic E-state index is -0.567. The van der Waals surface area contributed by atoms with Crippen molar-refractivity contribution < 1.29 is 9.59 Å². The summed E-state index contributed by atoms with van der Waals surface area (Å²) in [5.74, 6) is -0.107. The quantitative estimate of drug-likeness (QED) is 0.760. The highest BCUT2D eigenvalue weighted by atomic mass is 32.1. The highest BCUT2D eigenvalue weighted by Gasteiger charge is 2.22. The van der Waals surface area contributed by atoms with Crippen molar-refractivity contribution >= 4 is 23.3 Å². The molecule has 2 aromatic rings. The van der Waals surface area contributed by atoms with Crippen LogP contribution in [-0.2, 0) is 12.0 Å². The number of carbonyl (C=O) groups excluding carboxylic acids is 2. The van der Waals surface area contributed by atoms with Crippen LogP contribution in [0.5, 0.6) is 0 Å². The fourth-order valence-electron chi connectivity index (χ4n) is 2.12. The van der Waals surface area contributed by atoms with Gasteiger partial charge in [0.1, 0.15) is 0 Å². The van der Waals surface area contributed by atoms with Crippen molar-refractivity contribution in [3.63, 3.8) is 0 Å². The van der Waals surface area contributed by atoms with Crippen molar-refractivity contribution in [1.82, 2.24) is 10.6 Å². The van der Waals surface area contributed by atoms with Crippen molar-refractivity contribution in [2.24, 2.45) is 5.73 Å². The van der Waals surface area contributed by atoms with Gasteiger partial charge < -0.3 is 16.4 Å². The number of amides is 3. The molecule has 1 heterocycles. The second-order valence-electron chi connectivity index (χ2n) is 5.96. The van der Waals surface area contributed by atoms with Crippen molar-refractivity contribution in [3.05, 3.63) is 57.8 Å². The van der Waals surface area contributed by atoms with E-state index < -0.39 is 6.03 Å². The first kappa shape index (κ1) is 17.0. The normalized spacial score (nSPS) is 11.0. The topological polar surface area (TPSA) is 84.2 Å². The average Bonchev–Trinajstić information content (AvgIpc) is 3.06. The molecule has 0 fully saturated rings. The third kappa shape index (κ3) is 4.82. The van der Waals surface area contributed by atoms with Crippen LogP contribution in [0.25, 0.3) is 0 Å². The van der Waals surface area contributed by atoms with Gasteiger partial charge in [-0.15, -0.1) is 11.3 Å². The van der Waals surface area contributed by atoms with Gasteiger partial charge in [0.05, 0.1) is 0 Å². The largest absolute Gasteiger partial charge is 0.352 e. The Bertz CT molecular complexity index is 664. The van der Waals surface area contributed by atoms with E-state index in [9.17, 15) is 9.59 Å². The minimum absolute atomic E-state index is 0.102. The Balaban J connectivity index is 1.92. The monoisotopic (exact) mass is 331 g/mol. The molecule has 0 atom stereocenters. The summed E-state index contributed by atoms with van der Waals surface area (Å²) in [6.07, 6.45) is 0. The van der Waals surface area contributed by atoms with Crippen LogP contribution in [0.2, 0.25) is 0 Å². The van der Waals surface area contributed by atoms with Gasteiger partial charge in [0.2, 0.25) is 0 Å². The predicted molar refractivity (Wildman–Crippen MR) is 92.5 cm³/mol. The summed E-state index contributed by atoms with van der Waals surface area (Å²) in [5.41, 5.74) is 6.40. The van der Waals surface area contributed by atoms with E-state index in [1.807, 2.05) is 11.4 Å². The van der Waals surface area contributed by atoms with Crippen LogP contribution < -0.4 is 16.4 Å². The number of carbonyl (C=O) groups is 2. The van der Waals surface area contributed by atoms with Crippen molar-refractivity contribution in [1.29, 1.82) is 0 Å². The first-order chi connectivity index (χ1) is 10.9. The molecular weight excluding hydrogens is 310 g/mol. The summed E-state index contributed by atoms with van der Waals surface area (Å²) in [5, 5.41) is 7.53. The number of thiophene rings is 1. The molecule has 0 aliphatic heterocycles. The molecule has 0 saturated heterocycles. The molecule has 0 aliphatic rings. The Morgan fingerprint density at radius 3 is 2.39 bits per heavy atom. The number of primary amides is 1. The fraction of sp³-hybridized carbons (Fsp3) is 0.294. The highest BCUT2D eigenvalue weighted by molar-refractivity contribution is 7.10. The molecule has 2 rings (SSSR count). The summed E-state index contributed by atoms with van der Waals surface area (Å²) in [4.78, 5) is 24.2. The Kier molecular flexibility index (Phi) is 5.39. The van der Waals surface area contributed by atoms with Crippen LogP contribution in [0.4, 0.5) is 4.79 Å². The molecule has 0 bridgehead atoms. The van der Waals surface area contributed by atoms with Crippen LogP contribution in [0.1, 0.15) is 34.6 Å². The maximum absolute atomic E-state index is 12.2. The lowest BCUT2D eigenvalue weighted by molar-refractivity contribution is 0.0946. The Labute approximate surface area is 139 Å². The van der Waals surface area contributed by atoms with Crippen molar-refractivity contribution in [3.8, 4) is 0 Å². The summed E-state index contributed by atoms with van der Waals surface area (Å²) >= 11 is 1.69. The minimum Gasteiger partial charge on any atom is -0.352 e. The van der Waals surface area contributed by atoms with Gasteiger partial charge in [-0.25, -0.2) is 4.79 Å². The zero-order chi connectivity index (χ0) is 16.9. The molecule has 6 heteroatoms. The zero-order valence-corrected chi connectivity index (χ0v) is 14.1. The molecule has 0 unspecified atom stereocenters. The number of urea groups is 1.